The number of hydrogen-bond acceptors (Lipinski definition) is 9. The van der Waals surface area contributed by atoms with Crippen molar-refractivity contribution in [3.63, 3.8) is 0 Å². The van der Waals surface area contributed by atoms with Crippen LogP contribution in [0, 0.1) is 0 Å². The molecule has 0 bridgehead atoms. The van der Waals surface area contributed by atoms with Gasteiger partial charge in [0.15, 0.2) is 5.13 Å². The summed E-state index contributed by atoms with van der Waals surface area (Å²) in [5.74, 6) is -1.87. The molecule has 0 aliphatic rings. The number of hydrogen-bond donors (Lipinski definition) is 2. The summed E-state index contributed by atoms with van der Waals surface area (Å²) in [4.78, 5) is 40.5. The Morgan fingerprint density at radius 2 is 1.58 bits per heavy atom. The number of anilines is 2. The number of carbonyl (C=O) groups is 3. The predicted molar refractivity (Wildman–Crippen MR) is 121 cm³/mol. The van der Waals surface area contributed by atoms with E-state index >= 15 is 0 Å². The highest BCUT2D eigenvalue weighted by Gasteiger charge is 2.18. The van der Waals surface area contributed by atoms with Gasteiger partial charge >= 0.3 is 11.9 Å². The van der Waals surface area contributed by atoms with Crippen molar-refractivity contribution < 1.29 is 32.3 Å². The highest BCUT2D eigenvalue weighted by Crippen LogP contribution is 2.21. The van der Waals surface area contributed by atoms with Crippen LogP contribution in [0.1, 0.15) is 26.4 Å². The summed E-state index contributed by atoms with van der Waals surface area (Å²) in [5.41, 5.74) is 0.632. The van der Waals surface area contributed by atoms with Gasteiger partial charge in [0.1, 0.15) is 0 Å². The van der Waals surface area contributed by atoms with E-state index in [4.69, 9.17) is 0 Å². The highest BCUT2D eigenvalue weighted by atomic mass is 32.2. The fourth-order valence-corrected chi connectivity index (χ4v) is 4.73. The number of rotatable bonds is 8. The van der Waals surface area contributed by atoms with Gasteiger partial charge in [-0.05, 0) is 30.3 Å². The number of ether oxygens (including phenoxy) is 2. The molecule has 0 atom stereocenters. The van der Waals surface area contributed by atoms with Gasteiger partial charge in [-0.25, -0.2) is 23.0 Å². The number of amides is 1. The normalized spacial score (nSPS) is 10.8. The SMILES string of the molecule is COC(=O)c1cc(NC(=O)Cc2csc(NS(=O)(=O)c3ccccc3)n2)cc(C(=O)OC)c1. The molecular formula is C21H19N3O7S2. The summed E-state index contributed by atoms with van der Waals surface area (Å²) in [5, 5.41) is 4.25. The highest BCUT2D eigenvalue weighted by molar-refractivity contribution is 7.93. The summed E-state index contributed by atoms with van der Waals surface area (Å²) in [6, 6.07) is 11.8. The lowest BCUT2D eigenvalue weighted by atomic mass is 10.1. The topological polar surface area (TPSA) is 141 Å². The number of sulfonamides is 1. The monoisotopic (exact) mass is 489 g/mol. The van der Waals surface area contributed by atoms with Crippen LogP contribution in [0.5, 0.6) is 0 Å². The van der Waals surface area contributed by atoms with Gasteiger partial charge in [-0.2, -0.15) is 0 Å². The fourth-order valence-electron chi connectivity index (χ4n) is 2.75. The molecule has 0 saturated carbocycles. The third-order valence-electron chi connectivity index (χ3n) is 4.23. The lowest BCUT2D eigenvalue weighted by Gasteiger charge is -2.09. The average Bonchev–Trinajstić information content (AvgIpc) is 3.23. The van der Waals surface area contributed by atoms with Crippen LogP contribution < -0.4 is 10.0 Å². The summed E-state index contributed by atoms with van der Waals surface area (Å²) in [6.07, 6.45) is -0.167. The van der Waals surface area contributed by atoms with Crippen LogP contribution in [0.25, 0.3) is 0 Å². The molecule has 0 aliphatic heterocycles. The number of aromatic nitrogens is 1. The van der Waals surface area contributed by atoms with E-state index in [9.17, 15) is 22.8 Å². The zero-order chi connectivity index (χ0) is 24.0. The van der Waals surface area contributed by atoms with Gasteiger partial charge < -0.3 is 14.8 Å². The van der Waals surface area contributed by atoms with Crippen molar-refractivity contribution in [1.82, 2.24) is 4.98 Å². The van der Waals surface area contributed by atoms with Crippen molar-refractivity contribution in [2.45, 2.75) is 11.3 Å². The van der Waals surface area contributed by atoms with Gasteiger partial charge in [-0.3, -0.25) is 9.52 Å². The van der Waals surface area contributed by atoms with Crippen molar-refractivity contribution in [2.75, 3.05) is 24.3 Å². The van der Waals surface area contributed by atoms with Gasteiger partial charge in [0.25, 0.3) is 10.0 Å². The molecule has 0 spiro atoms. The van der Waals surface area contributed by atoms with Crippen LogP contribution in [-0.4, -0.2) is 45.5 Å². The van der Waals surface area contributed by atoms with Crippen LogP contribution in [0.4, 0.5) is 10.8 Å². The van der Waals surface area contributed by atoms with Crippen LogP contribution in [-0.2, 0) is 30.7 Å². The fraction of sp³-hybridized carbons (Fsp3) is 0.143. The Kier molecular flexibility index (Phi) is 7.41. The minimum atomic E-state index is -3.80. The molecule has 172 valence electrons. The second-order valence-corrected chi connectivity index (χ2v) is 9.11. The first-order chi connectivity index (χ1) is 15.7. The van der Waals surface area contributed by atoms with E-state index in [2.05, 4.69) is 24.5 Å². The molecule has 0 unspecified atom stereocenters. The molecule has 3 aromatic rings. The Morgan fingerprint density at radius 1 is 0.970 bits per heavy atom. The lowest BCUT2D eigenvalue weighted by molar-refractivity contribution is -0.115. The molecule has 10 nitrogen and oxygen atoms in total. The quantitative estimate of drug-likeness (QED) is 0.460. The van der Waals surface area contributed by atoms with Gasteiger partial charge in [-0.1, -0.05) is 18.2 Å². The second-order valence-electron chi connectivity index (χ2n) is 6.57. The number of benzene rings is 2. The van der Waals surface area contributed by atoms with Crippen molar-refractivity contribution in [1.29, 1.82) is 0 Å². The van der Waals surface area contributed by atoms with E-state index < -0.39 is 27.9 Å². The first-order valence-electron chi connectivity index (χ1n) is 9.35. The molecule has 2 N–H and O–H groups in total. The molecule has 1 aromatic heterocycles. The van der Waals surface area contributed by atoms with E-state index in [0.29, 0.717) is 5.69 Å². The average molecular weight is 490 g/mol. The van der Waals surface area contributed by atoms with E-state index in [1.807, 2.05) is 0 Å². The zero-order valence-corrected chi connectivity index (χ0v) is 19.2. The first-order valence-corrected chi connectivity index (χ1v) is 11.7. The summed E-state index contributed by atoms with van der Waals surface area (Å²) in [7, 11) is -1.41. The molecular weight excluding hydrogens is 470 g/mol. The van der Waals surface area contributed by atoms with Crippen LogP contribution >= 0.6 is 11.3 Å². The molecule has 3 rings (SSSR count). The number of esters is 2. The van der Waals surface area contributed by atoms with Gasteiger partial charge in [0.05, 0.1) is 42.4 Å². The van der Waals surface area contributed by atoms with Crippen LogP contribution in [0.2, 0.25) is 0 Å². The van der Waals surface area contributed by atoms with E-state index in [1.165, 1.54) is 44.6 Å². The smallest absolute Gasteiger partial charge is 0.337 e. The lowest BCUT2D eigenvalue weighted by Crippen LogP contribution is -2.16. The molecule has 0 fully saturated rings. The maximum Gasteiger partial charge on any atom is 0.337 e. The number of carbonyl (C=O) groups excluding carboxylic acids is 3. The zero-order valence-electron chi connectivity index (χ0n) is 17.5. The Labute approximate surface area is 193 Å². The Balaban J connectivity index is 1.71. The van der Waals surface area contributed by atoms with Crippen molar-refractivity contribution in [2.24, 2.45) is 0 Å². The summed E-state index contributed by atoms with van der Waals surface area (Å²) < 4.78 is 36.5. The maximum absolute atomic E-state index is 12.5. The maximum atomic E-state index is 12.5. The van der Waals surface area contributed by atoms with Crippen molar-refractivity contribution >= 4 is 50.0 Å². The van der Waals surface area contributed by atoms with Crippen LogP contribution in [0.15, 0.2) is 58.8 Å². The third-order valence-corrected chi connectivity index (χ3v) is 6.52. The van der Waals surface area contributed by atoms with Gasteiger partial charge in [0, 0.05) is 11.1 Å². The van der Waals surface area contributed by atoms with Gasteiger partial charge in [-0.15, -0.1) is 11.3 Å². The molecule has 2 aromatic carbocycles. The molecule has 12 heteroatoms. The Bertz CT molecular complexity index is 1250. The minimum Gasteiger partial charge on any atom is -0.465 e. The van der Waals surface area contributed by atoms with E-state index in [-0.39, 0.29) is 33.3 Å². The number of nitrogens with zero attached hydrogens (tertiary/aromatic N) is 1. The molecule has 0 aliphatic carbocycles. The minimum absolute atomic E-state index is 0.0574. The number of methoxy groups -OCH3 is 2. The van der Waals surface area contributed by atoms with E-state index in [0.717, 1.165) is 11.3 Å². The summed E-state index contributed by atoms with van der Waals surface area (Å²) in [6.45, 7) is 0. The van der Waals surface area contributed by atoms with Gasteiger partial charge in [0.2, 0.25) is 5.91 Å². The van der Waals surface area contributed by atoms with Crippen molar-refractivity contribution in [3.8, 4) is 0 Å². The first kappa shape index (κ1) is 23.9. The molecule has 0 saturated heterocycles. The second kappa shape index (κ2) is 10.2. The number of thiazole rings is 1. The Hall–Kier alpha value is -3.77. The molecule has 0 radical (unpaired) electrons. The molecule has 33 heavy (non-hydrogen) atoms. The van der Waals surface area contributed by atoms with Crippen LogP contribution in [0.3, 0.4) is 0 Å². The molecule has 1 amide bonds. The summed E-state index contributed by atoms with van der Waals surface area (Å²) >= 11 is 1.03. The largest absolute Gasteiger partial charge is 0.465 e. The third kappa shape index (κ3) is 6.14. The predicted octanol–water partition coefficient (Wildman–Crippen LogP) is 2.70. The molecule has 1 heterocycles. The Morgan fingerprint density at radius 3 is 2.15 bits per heavy atom. The standard InChI is InChI=1S/C21H19N3O7S2/c1-30-19(26)13-8-14(20(27)31-2)10-15(9-13)22-18(25)11-16-12-32-21(23-16)24-33(28,29)17-6-4-3-5-7-17/h3-10,12H,11H2,1-2H3,(H,22,25)(H,23,24). The number of nitrogens with one attached hydrogen (secondary N) is 2. The van der Waals surface area contributed by atoms with Crippen molar-refractivity contribution in [3.05, 3.63) is 70.7 Å². The van der Waals surface area contributed by atoms with E-state index in [1.54, 1.807) is 23.6 Å².